The molecule has 2 aromatic carbocycles. The van der Waals surface area contributed by atoms with Gasteiger partial charge in [0, 0.05) is 12.6 Å². The van der Waals surface area contributed by atoms with E-state index in [1.165, 1.54) is 24.5 Å². The lowest BCUT2D eigenvalue weighted by molar-refractivity contribution is 0.597. The van der Waals surface area contributed by atoms with Crippen LogP contribution in [0.25, 0.3) is 0 Å². The summed E-state index contributed by atoms with van der Waals surface area (Å²) in [6, 6.07) is 14.4. The van der Waals surface area contributed by atoms with Crippen molar-refractivity contribution in [1.29, 1.82) is 0 Å². The van der Waals surface area contributed by atoms with E-state index < -0.39 is 10.0 Å². The molecule has 9 heteroatoms. The highest BCUT2D eigenvalue weighted by Gasteiger charge is 2.07. The number of nitrogens with two attached hydrogens (primary N) is 1. The van der Waals surface area contributed by atoms with Crippen LogP contribution in [0.15, 0.2) is 65.8 Å². The minimum atomic E-state index is -3.68. The number of nitrogens with one attached hydrogen (secondary N) is 2. The summed E-state index contributed by atoms with van der Waals surface area (Å²) in [5.41, 5.74) is 1.28. The number of benzene rings is 2. The number of aromatic nitrogens is 2. The largest absolute Gasteiger partial charge is 0.370 e. The van der Waals surface area contributed by atoms with E-state index in [1.807, 2.05) is 0 Å². The van der Waals surface area contributed by atoms with E-state index in [2.05, 4.69) is 20.6 Å². The van der Waals surface area contributed by atoms with Crippen molar-refractivity contribution in [1.82, 2.24) is 9.97 Å². The van der Waals surface area contributed by atoms with E-state index in [9.17, 15) is 12.8 Å². The second-order valence-corrected chi connectivity index (χ2v) is 7.32. The van der Waals surface area contributed by atoms with E-state index >= 15 is 0 Å². The summed E-state index contributed by atoms with van der Waals surface area (Å²) in [6.07, 6.45) is 2.04. The van der Waals surface area contributed by atoms with Gasteiger partial charge >= 0.3 is 0 Å². The molecular formula is C18H18FN5O2S. The Morgan fingerprint density at radius 1 is 1.00 bits per heavy atom. The zero-order chi connectivity index (χ0) is 19.3. The monoisotopic (exact) mass is 387 g/mol. The summed E-state index contributed by atoms with van der Waals surface area (Å²) in [4.78, 5) is 8.29. The van der Waals surface area contributed by atoms with Gasteiger partial charge in [-0.25, -0.2) is 27.9 Å². The third-order valence-corrected chi connectivity index (χ3v) is 4.70. The molecule has 0 bridgehead atoms. The molecule has 0 aliphatic rings. The van der Waals surface area contributed by atoms with Crippen molar-refractivity contribution in [3.8, 4) is 0 Å². The van der Waals surface area contributed by atoms with Gasteiger partial charge < -0.3 is 10.6 Å². The molecule has 0 unspecified atom stereocenters. The van der Waals surface area contributed by atoms with E-state index in [4.69, 9.17) is 5.14 Å². The fourth-order valence-corrected chi connectivity index (χ4v) is 2.92. The molecule has 140 valence electrons. The molecule has 0 aliphatic carbocycles. The molecule has 1 aromatic heterocycles. The molecule has 0 fully saturated rings. The van der Waals surface area contributed by atoms with Gasteiger partial charge in [-0.1, -0.05) is 24.3 Å². The molecule has 0 spiro atoms. The quantitative estimate of drug-likeness (QED) is 0.575. The van der Waals surface area contributed by atoms with Crippen LogP contribution < -0.4 is 15.8 Å². The average Bonchev–Trinajstić information content (AvgIpc) is 2.64. The van der Waals surface area contributed by atoms with E-state index in [1.54, 1.807) is 36.4 Å². The van der Waals surface area contributed by atoms with Crippen molar-refractivity contribution in [2.24, 2.45) is 5.14 Å². The Morgan fingerprint density at radius 2 is 1.70 bits per heavy atom. The maximum absolute atomic E-state index is 13.7. The predicted octanol–water partition coefficient (Wildman–Crippen LogP) is 2.66. The lowest BCUT2D eigenvalue weighted by Gasteiger charge is -2.09. The number of nitrogens with zero attached hydrogens (tertiary/aromatic N) is 2. The minimum Gasteiger partial charge on any atom is -0.370 e. The Labute approximate surface area is 156 Å². The zero-order valence-corrected chi connectivity index (χ0v) is 15.1. The first-order chi connectivity index (χ1) is 12.9. The molecule has 3 rings (SSSR count). The predicted molar refractivity (Wildman–Crippen MR) is 102 cm³/mol. The van der Waals surface area contributed by atoms with E-state index in [0.717, 1.165) is 5.56 Å². The number of hydrogen-bond donors (Lipinski definition) is 3. The van der Waals surface area contributed by atoms with Crippen LogP contribution in [0.1, 0.15) is 5.56 Å². The second kappa shape index (κ2) is 8.11. The normalized spacial score (nSPS) is 11.2. The minimum absolute atomic E-state index is 0.0823. The highest BCUT2D eigenvalue weighted by atomic mass is 32.2. The van der Waals surface area contributed by atoms with Gasteiger partial charge in [-0.15, -0.1) is 0 Å². The van der Waals surface area contributed by atoms with Crippen molar-refractivity contribution in [2.75, 3.05) is 17.2 Å². The molecule has 3 aromatic rings. The smallest absolute Gasteiger partial charge is 0.238 e. The molecule has 0 saturated carbocycles. The molecule has 0 saturated heterocycles. The first kappa shape index (κ1) is 18.7. The zero-order valence-electron chi connectivity index (χ0n) is 14.3. The van der Waals surface area contributed by atoms with Gasteiger partial charge in [-0.3, -0.25) is 0 Å². The summed E-state index contributed by atoms with van der Waals surface area (Å²) in [6.45, 7) is 0.574. The fourth-order valence-electron chi connectivity index (χ4n) is 2.40. The molecule has 0 amide bonds. The Hall–Kier alpha value is -3.04. The Bertz CT molecular complexity index is 1030. The fraction of sp³-hybridized carbons (Fsp3) is 0.111. The first-order valence-corrected chi connectivity index (χ1v) is 9.66. The van der Waals surface area contributed by atoms with Crippen molar-refractivity contribution in [3.63, 3.8) is 0 Å². The van der Waals surface area contributed by atoms with Crippen LogP contribution in [0.3, 0.4) is 0 Å². The maximum atomic E-state index is 13.7. The standard InChI is InChI=1S/C18H18FN5O2S/c19-15-3-1-2-4-16(15)24-18-11-17(22-12-23-18)21-10-9-13-5-7-14(8-6-13)27(20,25)26/h1-8,11-12H,9-10H2,(H2,20,25,26)(H2,21,22,23,24). The summed E-state index contributed by atoms with van der Waals surface area (Å²) in [7, 11) is -3.68. The summed E-state index contributed by atoms with van der Waals surface area (Å²) in [5.74, 6) is 0.689. The SMILES string of the molecule is NS(=O)(=O)c1ccc(CCNc2cc(Nc3ccccc3F)ncn2)cc1. The van der Waals surface area contributed by atoms with Crippen LogP contribution in [-0.2, 0) is 16.4 Å². The van der Waals surface area contributed by atoms with Gasteiger partial charge in [-0.05, 0) is 36.2 Å². The first-order valence-electron chi connectivity index (χ1n) is 8.11. The Morgan fingerprint density at radius 3 is 2.41 bits per heavy atom. The van der Waals surface area contributed by atoms with Crippen molar-refractivity contribution >= 4 is 27.3 Å². The number of para-hydroxylation sites is 1. The summed E-state index contributed by atoms with van der Waals surface area (Å²) >= 11 is 0. The van der Waals surface area contributed by atoms with Crippen LogP contribution in [0.5, 0.6) is 0 Å². The third kappa shape index (κ3) is 5.22. The molecule has 0 radical (unpaired) electrons. The molecule has 0 aliphatic heterocycles. The summed E-state index contributed by atoms with van der Waals surface area (Å²) < 4.78 is 36.2. The Kier molecular flexibility index (Phi) is 5.63. The molecule has 4 N–H and O–H groups in total. The van der Waals surface area contributed by atoms with Crippen LogP contribution in [0.2, 0.25) is 0 Å². The topological polar surface area (TPSA) is 110 Å². The maximum Gasteiger partial charge on any atom is 0.238 e. The van der Waals surface area contributed by atoms with Crippen LogP contribution >= 0.6 is 0 Å². The van der Waals surface area contributed by atoms with Crippen LogP contribution in [-0.4, -0.2) is 24.9 Å². The number of halogens is 1. The number of hydrogen-bond acceptors (Lipinski definition) is 6. The summed E-state index contributed by atoms with van der Waals surface area (Å²) in [5, 5.41) is 11.1. The molecule has 7 nitrogen and oxygen atoms in total. The van der Waals surface area contributed by atoms with Gasteiger partial charge in [0.25, 0.3) is 0 Å². The van der Waals surface area contributed by atoms with E-state index in [-0.39, 0.29) is 10.7 Å². The molecular weight excluding hydrogens is 369 g/mol. The van der Waals surface area contributed by atoms with Gasteiger partial charge in [0.05, 0.1) is 10.6 Å². The van der Waals surface area contributed by atoms with Gasteiger partial charge in [0.15, 0.2) is 0 Å². The highest BCUT2D eigenvalue weighted by Crippen LogP contribution is 2.19. The van der Waals surface area contributed by atoms with Crippen LogP contribution in [0.4, 0.5) is 21.7 Å². The van der Waals surface area contributed by atoms with Crippen molar-refractivity contribution < 1.29 is 12.8 Å². The number of primary sulfonamides is 1. The van der Waals surface area contributed by atoms with Crippen molar-refractivity contribution in [2.45, 2.75) is 11.3 Å². The number of rotatable bonds is 7. The van der Waals surface area contributed by atoms with E-state index in [0.29, 0.717) is 30.3 Å². The molecule has 1 heterocycles. The number of sulfonamides is 1. The van der Waals surface area contributed by atoms with Gasteiger partial charge in [0.1, 0.15) is 23.8 Å². The van der Waals surface area contributed by atoms with Gasteiger partial charge in [-0.2, -0.15) is 0 Å². The third-order valence-electron chi connectivity index (χ3n) is 3.78. The van der Waals surface area contributed by atoms with Crippen LogP contribution in [0, 0.1) is 5.82 Å². The van der Waals surface area contributed by atoms with Gasteiger partial charge in [0.2, 0.25) is 10.0 Å². The average molecular weight is 387 g/mol. The molecule has 27 heavy (non-hydrogen) atoms. The Balaban J connectivity index is 1.58. The van der Waals surface area contributed by atoms with Crippen molar-refractivity contribution in [3.05, 3.63) is 72.3 Å². The lowest BCUT2D eigenvalue weighted by Crippen LogP contribution is -2.12. The molecule has 0 atom stereocenters. The highest BCUT2D eigenvalue weighted by molar-refractivity contribution is 7.89. The number of anilines is 3. The second-order valence-electron chi connectivity index (χ2n) is 5.76. The lowest BCUT2D eigenvalue weighted by atomic mass is 10.1.